The predicted octanol–water partition coefficient (Wildman–Crippen LogP) is 7.14. The fourth-order valence-corrected chi connectivity index (χ4v) is 4.39. The van der Waals surface area contributed by atoms with Gasteiger partial charge >= 0.3 is 5.97 Å². The highest BCUT2D eigenvalue weighted by molar-refractivity contribution is 6.05. The van der Waals surface area contributed by atoms with Gasteiger partial charge in [0.1, 0.15) is 11.5 Å². The molecule has 194 valence electrons. The van der Waals surface area contributed by atoms with Gasteiger partial charge in [-0.05, 0) is 73.5 Å². The third-order valence-electron chi connectivity index (χ3n) is 6.27. The number of rotatable bonds is 6. The molecule has 0 spiro atoms. The molecular formula is C32H26FN3O3. The van der Waals surface area contributed by atoms with E-state index in [0.29, 0.717) is 28.2 Å². The maximum atomic E-state index is 13.7. The molecule has 0 unspecified atom stereocenters. The Morgan fingerprint density at radius 1 is 0.846 bits per heavy atom. The monoisotopic (exact) mass is 519 g/mol. The molecule has 0 aliphatic rings. The number of benzene rings is 4. The molecule has 7 heteroatoms. The van der Waals surface area contributed by atoms with Crippen LogP contribution in [0.1, 0.15) is 28.4 Å². The number of amides is 1. The summed E-state index contributed by atoms with van der Waals surface area (Å²) in [7, 11) is 0. The van der Waals surface area contributed by atoms with Gasteiger partial charge in [-0.25, -0.2) is 4.39 Å². The number of hydrogen-bond donors (Lipinski definition) is 1. The van der Waals surface area contributed by atoms with Crippen LogP contribution in [0.4, 0.5) is 10.1 Å². The van der Waals surface area contributed by atoms with Crippen molar-refractivity contribution in [2.24, 2.45) is 0 Å². The average Bonchev–Trinajstić information content (AvgIpc) is 3.28. The molecule has 0 bridgehead atoms. The molecule has 0 aliphatic heterocycles. The number of aromatic nitrogens is 2. The Balaban J connectivity index is 1.62. The minimum atomic E-state index is -0.516. The molecule has 0 radical (unpaired) electrons. The molecule has 0 saturated carbocycles. The van der Waals surface area contributed by atoms with Crippen LogP contribution in [0.3, 0.4) is 0 Å². The molecule has 5 rings (SSSR count). The van der Waals surface area contributed by atoms with Crippen molar-refractivity contribution in [1.82, 2.24) is 9.78 Å². The standard InChI is InChI=1S/C32H26FN3O3/c1-20-7-6-9-24(19-20)30-29(32(39-22(3)37)36(35-30)27-17-13-25(33)14-18-27)23-11-15-26(16-12-23)34-31(38)28-10-5-4-8-21(28)2/h4-19H,1-3H3,(H,34,38). The lowest BCUT2D eigenvalue weighted by molar-refractivity contribution is -0.132. The molecule has 6 nitrogen and oxygen atoms in total. The van der Waals surface area contributed by atoms with Crippen LogP contribution < -0.4 is 10.1 Å². The minimum Gasteiger partial charge on any atom is -0.407 e. The van der Waals surface area contributed by atoms with E-state index >= 15 is 0 Å². The number of aryl methyl sites for hydroxylation is 2. The summed E-state index contributed by atoms with van der Waals surface area (Å²) in [4.78, 5) is 25.0. The Labute approximate surface area is 225 Å². The van der Waals surface area contributed by atoms with Gasteiger partial charge in [-0.15, -0.1) is 0 Å². The minimum absolute atomic E-state index is 0.203. The molecule has 1 heterocycles. The lowest BCUT2D eigenvalue weighted by atomic mass is 9.99. The zero-order chi connectivity index (χ0) is 27.5. The molecule has 1 N–H and O–H groups in total. The first-order chi connectivity index (χ1) is 18.8. The van der Waals surface area contributed by atoms with Crippen LogP contribution in [0, 0.1) is 19.7 Å². The van der Waals surface area contributed by atoms with Gasteiger partial charge in [-0.3, -0.25) is 9.59 Å². The number of carbonyl (C=O) groups is 2. The molecule has 0 atom stereocenters. The molecular weight excluding hydrogens is 493 g/mol. The van der Waals surface area contributed by atoms with Crippen LogP contribution in [0.25, 0.3) is 28.1 Å². The van der Waals surface area contributed by atoms with E-state index in [1.165, 1.54) is 23.7 Å². The average molecular weight is 520 g/mol. The van der Waals surface area contributed by atoms with Crippen LogP contribution in [0.5, 0.6) is 5.88 Å². The number of nitrogens with one attached hydrogen (secondary N) is 1. The summed E-state index contributed by atoms with van der Waals surface area (Å²) in [5.41, 5.74) is 6.42. The molecule has 0 aliphatic carbocycles. The van der Waals surface area contributed by atoms with E-state index in [2.05, 4.69) is 5.32 Å². The zero-order valence-electron chi connectivity index (χ0n) is 21.7. The third-order valence-corrected chi connectivity index (χ3v) is 6.27. The topological polar surface area (TPSA) is 73.2 Å². The van der Waals surface area contributed by atoms with Crippen LogP contribution >= 0.6 is 0 Å². The Bertz CT molecular complexity index is 1670. The highest BCUT2D eigenvalue weighted by atomic mass is 19.1. The second kappa shape index (κ2) is 10.8. The summed E-state index contributed by atoms with van der Waals surface area (Å²) < 4.78 is 20.9. The van der Waals surface area contributed by atoms with Gasteiger partial charge in [0.25, 0.3) is 5.91 Å². The van der Waals surface area contributed by atoms with Gasteiger partial charge < -0.3 is 10.1 Å². The molecule has 5 aromatic rings. The maximum Gasteiger partial charge on any atom is 0.309 e. The SMILES string of the molecule is CC(=O)Oc1c(-c2ccc(NC(=O)c3ccccc3C)cc2)c(-c2cccc(C)c2)nn1-c1ccc(F)cc1. The maximum absolute atomic E-state index is 13.7. The summed E-state index contributed by atoms with van der Waals surface area (Å²) in [6, 6.07) is 28.3. The second-order valence-electron chi connectivity index (χ2n) is 9.23. The third kappa shape index (κ3) is 5.48. The fraction of sp³-hybridized carbons (Fsp3) is 0.0938. The van der Waals surface area contributed by atoms with Crippen molar-refractivity contribution in [1.29, 1.82) is 0 Å². The number of halogens is 1. The first kappa shape index (κ1) is 25.6. The summed E-state index contributed by atoms with van der Waals surface area (Å²) in [6.07, 6.45) is 0. The van der Waals surface area contributed by atoms with E-state index in [-0.39, 0.29) is 17.6 Å². The molecule has 1 aromatic heterocycles. The van der Waals surface area contributed by atoms with E-state index in [9.17, 15) is 14.0 Å². The number of anilines is 1. The summed E-state index contributed by atoms with van der Waals surface area (Å²) in [5.74, 6) is -0.895. The molecule has 39 heavy (non-hydrogen) atoms. The Kier molecular flexibility index (Phi) is 7.06. The zero-order valence-corrected chi connectivity index (χ0v) is 21.7. The summed E-state index contributed by atoms with van der Waals surface area (Å²) >= 11 is 0. The quantitative estimate of drug-likeness (QED) is 0.242. The number of esters is 1. The second-order valence-corrected chi connectivity index (χ2v) is 9.23. The lowest BCUT2D eigenvalue weighted by Gasteiger charge is -2.11. The van der Waals surface area contributed by atoms with E-state index in [0.717, 1.165) is 22.3 Å². The van der Waals surface area contributed by atoms with Crippen LogP contribution in [0.15, 0.2) is 97.1 Å². The van der Waals surface area contributed by atoms with E-state index < -0.39 is 5.97 Å². The largest absolute Gasteiger partial charge is 0.407 e. The van der Waals surface area contributed by atoms with Gasteiger partial charge in [0, 0.05) is 23.7 Å². The first-order valence-electron chi connectivity index (χ1n) is 12.4. The van der Waals surface area contributed by atoms with Crippen molar-refractivity contribution in [2.45, 2.75) is 20.8 Å². The van der Waals surface area contributed by atoms with Gasteiger partial charge in [0.15, 0.2) is 0 Å². The van der Waals surface area contributed by atoms with Crippen molar-refractivity contribution in [3.63, 3.8) is 0 Å². The molecule has 0 saturated heterocycles. The normalized spacial score (nSPS) is 10.8. The predicted molar refractivity (Wildman–Crippen MR) is 150 cm³/mol. The Hall–Kier alpha value is -5.04. The summed E-state index contributed by atoms with van der Waals surface area (Å²) in [6.45, 7) is 5.20. The van der Waals surface area contributed by atoms with Crippen molar-refractivity contribution >= 4 is 17.6 Å². The van der Waals surface area contributed by atoms with Crippen LogP contribution in [-0.2, 0) is 4.79 Å². The van der Waals surface area contributed by atoms with Crippen molar-refractivity contribution in [3.8, 4) is 34.0 Å². The van der Waals surface area contributed by atoms with Gasteiger partial charge in [-0.1, -0.05) is 54.1 Å². The van der Waals surface area contributed by atoms with Crippen molar-refractivity contribution in [2.75, 3.05) is 5.32 Å². The molecule has 4 aromatic carbocycles. The van der Waals surface area contributed by atoms with Gasteiger partial charge in [0.2, 0.25) is 5.88 Å². The van der Waals surface area contributed by atoms with E-state index in [4.69, 9.17) is 9.84 Å². The van der Waals surface area contributed by atoms with Crippen molar-refractivity contribution < 1.29 is 18.7 Å². The Morgan fingerprint density at radius 2 is 1.56 bits per heavy atom. The first-order valence-corrected chi connectivity index (χ1v) is 12.4. The van der Waals surface area contributed by atoms with Gasteiger partial charge in [0.05, 0.1) is 11.3 Å². The summed E-state index contributed by atoms with van der Waals surface area (Å²) in [5, 5.41) is 7.75. The smallest absolute Gasteiger partial charge is 0.309 e. The van der Waals surface area contributed by atoms with Crippen LogP contribution in [0.2, 0.25) is 0 Å². The highest BCUT2D eigenvalue weighted by Gasteiger charge is 2.25. The number of hydrogen-bond acceptors (Lipinski definition) is 4. The number of nitrogens with zero attached hydrogens (tertiary/aromatic N) is 2. The number of ether oxygens (including phenoxy) is 1. The van der Waals surface area contributed by atoms with E-state index in [1.54, 1.807) is 30.3 Å². The molecule has 0 fully saturated rings. The Morgan fingerprint density at radius 3 is 2.23 bits per heavy atom. The number of carbonyl (C=O) groups excluding carboxylic acids is 2. The fourth-order valence-electron chi connectivity index (χ4n) is 4.39. The van der Waals surface area contributed by atoms with Gasteiger partial charge in [-0.2, -0.15) is 9.78 Å². The highest BCUT2D eigenvalue weighted by Crippen LogP contribution is 2.41. The lowest BCUT2D eigenvalue weighted by Crippen LogP contribution is -2.13. The van der Waals surface area contributed by atoms with Crippen molar-refractivity contribution in [3.05, 3.63) is 120 Å². The van der Waals surface area contributed by atoms with E-state index in [1.807, 2.05) is 68.4 Å². The van der Waals surface area contributed by atoms with Crippen LogP contribution in [-0.4, -0.2) is 21.7 Å². The molecule has 1 amide bonds.